The van der Waals surface area contributed by atoms with Crippen molar-refractivity contribution in [2.75, 3.05) is 6.26 Å². The highest BCUT2D eigenvalue weighted by Crippen LogP contribution is 2.41. The standard InChI is InChI=1S/C20H23NO4S2/c1-26(22,23)20-13-17-10-11-18(14-20)21(17)27(24,25)19-9-5-8-16(12-19)15-6-3-2-4-7-15/h2-9,12,17-18,20H,10-11,13-14H2,1H3. The number of hydrogen-bond donors (Lipinski definition) is 0. The first-order valence-corrected chi connectivity index (χ1v) is 12.5. The monoisotopic (exact) mass is 405 g/mol. The summed E-state index contributed by atoms with van der Waals surface area (Å²) in [6.45, 7) is 0. The first kappa shape index (κ1) is 18.7. The van der Waals surface area contributed by atoms with E-state index in [1.54, 1.807) is 22.5 Å². The molecule has 0 N–H and O–H groups in total. The van der Waals surface area contributed by atoms with E-state index < -0.39 is 25.1 Å². The van der Waals surface area contributed by atoms with Gasteiger partial charge >= 0.3 is 0 Å². The van der Waals surface area contributed by atoms with Gasteiger partial charge in [-0.25, -0.2) is 16.8 Å². The van der Waals surface area contributed by atoms with Crippen LogP contribution < -0.4 is 0 Å². The van der Waals surface area contributed by atoms with E-state index in [4.69, 9.17) is 0 Å². The Labute approximate surface area is 161 Å². The molecule has 2 atom stereocenters. The fourth-order valence-corrected chi connectivity index (χ4v) is 7.50. The molecular weight excluding hydrogens is 382 g/mol. The molecule has 2 fully saturated rings. The summed E-state index contributed by atoms with van der Waals surface area (Å²) in [5.74, 6) is 0. The third-order valence-electron chi connectivity index (χ3n) is 5.74. The minimum absolute atomic E-state index is 0.228. The fraction of sp³-hybridized carbons (Fsp3) is 0.400. The average molecular weight is 406 g/mol. The van der Waals surface area contributed by atoms with Gasteiger partial charge in [0, 0.05) is 18.3 Å². The summed E-state index contributed by atoms with van der Waals surface area (Å²) in [6, 6.07) is 16.2. The predicted octanol–water partition coefficient (Wildman–Crippen LogP) is 3.08. The maximum absolute atomic E-state index is 13.4. The third kappa shape index (κ3) is 3.44. The fourth-order valence-electron chi connectivity index (χ4n) is 4.41. The summed E-state index contributed by atoms with van der Waals surface area (Å²) >= 11 is 0. The number of piperidine rings is 1. The Bertz CT molecular complexity index is 1030. The number of sulfonamides is 1. The Morgan fingerprint density at radius 3 is 2.00 bits per heavy atom. The zero-order valence-corrected chi connectivity index (χ0v) is 16.8. The van der Waals surface area contributed by atoms with Gasteiger partial charge in [-0.15, -0.1) is 0 Å². The Morgan fingerprint density at radius 2 is 1.41 bits per heavy atom. The van der Waals surface area contributed by atoms with E-state index >= 15 is 0 Å². The minimum Gasteiger partial charge on any atom is -0.229 e. The van der Waals surface area contributed by atoms with Gasteiger partial charge in [-0.2, -0.15) is 4.31 Å². The van der Waals surface area contributed by atoms with Gasteiger partial charge in [-0.1, -0.05) is 42.5 Å². The van der Waals surface area contributed by atoms with Gasteiger partial charge in [0.1, 0.15) is 9.84 Å². The van der Waals surface area contributed by atoms with Gasteiger partial charge < -0.3 is 0 Å². The second kappa shape index (κ2) is 6.72. The van der Waals surface area contributed by atoms with Gasteiger partial charge in [0.2, 0.25) is 10.0 Å². The molecule has 0 saturated carbocycles. The van der Waals surface area contributed by atoms with E-state index in [0.717, 1.165) is 24.0 Å². The lowest BCUT2D eigenvalue weighted by Gasteiger charge is -2.37. The van der Waals surface area contributed by atoms with Crippen molar-refractivity contribution in [2.45, 2.75) is 47.9 Å². The predicted molar refractivity (Wildman–Crippen MR) is 106 cm³/mol. The molecule has 2 aromatic rings. The molecule has 4 rings (SSSR count). The Hall–Kier alpha value is -1.70. The molecule has 2 unspecified atom stereocenters. The topological polar surface area (TPSA) is 71.5 Å². The molecule has 2 saturated heterocycles. The van der Waals surface area contributed by atoms with Crippen LogP contribution in [0.25, 0.3) is 11.1 Å². The highest BCUT2D eigenvalue weighted by Gasteiger charge is 2.49. The second-order valence-corrected chi connectivity index (χ2v) is 11.7. The Kier molecular flexibility index (Phi) is 4.64. The number of fused-ring (bicyclic) bond motifs is 2. The first-order chi connectivity index (χ1) is 12.8. The quantitative estimate of drug-likeness (QED) is 0.784. The molecule has 7 heteroatoms. The number of benzene rings is 2. The normalized spacial score (nSPS) is 26.2. The zero-order chi connectivity index (χ0) is 19.2. The summed E-state index contributed by atoms with van der Waals surface area (Å²) in [5.41, 5.74) is 1.82. The van der Waals surface area contributed by atoms with E-state index in [9.17, 15) is 16.8 Å². The minimum atomic E-state index is -3.66. The summed E-state index contributed by atoms with van der Waals surface area (Å²) in [4.78, 5) is 0.276. The summed E-state index contributed by atoms with van der Waals surface area (Å²) in [7, 11) is -6.81. The molecule has 0 spiro atoms. The number of nitrogens with zero attached hydrogens (tertiary/aromatic N) is 1. The van der Waals surface area contributed by atoms with E-state index in [2.05, 4.69) is 0 Å². The van der Waals surface area contributed by atoms with Gasteiger partial charge in [0.25, 0.3) is 0 Å². The lowest BCUT2D eigenvalue weighted by atomic mass is 10.1. The van der Waals surface area contributed by atoms with Crippen molar-refractivity contribution >= 4 is 19.9 Å². The molecular formula is C20H23NO4S2. The maximum atomic E-state index is 13.4. The van der Waals surface area contributed by atoms with E-state index in [-0.39, 0.29) is 17.0 Å². The van der Waals surface area contributed by atoms with Gasteiger partial charge in [0.05, 0.1) is 10.1 Å². The number of rotatable bonds is 4. The van der Waals surface area contributed by atoms with Crippen LogP contribution in [0, 0.1) is 0 Å². The average Bonchev–Trinajstić information content (AvgIpc) is 2.93. The van der Waals surface area contributed by atoms with Gasteiger partial charge in [-0.3, -0.25) is 0 Å². The molecule has 27 heavy (non-hydrogen) atoms. The van der Waals surface area contributed by atoms with E-state index in [0.29, 0.717) is 12.8 Å². The van der Waals surface area contributed by atoms with Crippen LogP contribution in [0.3, 0.4) is 0 Å². The Morgan fingerprint density at radius 1 is 0.815 bits per heavy atom. The third-order valence-corrected chi connectivity index (χ3v) is 9.34. The molecule has 0 aliphatic carbocycles. The van der Waals surface area contributed by atoms with Crippen molar-refractivity contribution in [3.63, 3.8) is 0 Å². The molecule has 144 valence electrons. The van der Waals surface area contributed by atoms with Gasteiger partial charge in [0.15, 0.2) is 0 Å². The molecule has 2 aliphatic heterocycles. The van der Waals surface area contributed by atoms with Crippen LogP contribution in [0.15, 0.2) is 59.5 Å². The molecule has 2 heterocycles. The molecule has 0 aromatic heterocycles. The number of hydrogen-bond acceptors (Lipinski definition) is 4. The van der Waals surface area contributed by atoms with Crippen molar-refractivity contribution in [3.05, 3.63) is 54.6 Å². The van der Waals surface area contributed by atoms with Crippen LogP contribution in [-0.2, 0) is 19.9 Å². The van der Waals surface area contributed by atoms with Crippen molar-refractivity contribution in [1.29, 1.82) is 0 Å². The SMILES string of the molecule is CS(=O)(=O)C1CC2CCC(C1)N2S(=O)(=O)c1cccc(-c2ccccc2)c1. The van der Waals surface area contributed by atoms with Gasteiger partial charge in [-0.05, 0) is 48.9 Å². The molecule has 2 bridgehead atoms. The smallest absolute Gasteiger partial charge is 0.229 e. The molecule has 5 nitrogen and oxygen atoms in total. The van der Waals surface area contributed by atoms with Crippen LogP contribution in [0.1, 0.15) is 25.7 Å². The van der Waals surface area contributed by atoms with E-state index in [1.807, 2.05) is 36.4 Å². The van der Waals surface area contributed by atoms with Crippen LogP contribution in [0.5, 0.6) is 0 Å². The summed E-state index contributed by atoms with van der Waals surface area (Å²) in [5, 5.41) is -0.433. The second-order valence-electron chi connectivity index (χ2n) is 7.54. The Balaban J connectivity index is 1.67. The number of sulfone groups is 1. The van der Waals surface area contributed by atoms with Crippen molar-refractivity contribution < 1.29 is 16.8 Å². The molecule has 2 aliphatic rings. The van der Waals surface area contributed by atoms with Crippen LogP contribution in [-0.4, -0.2) is 44.7 Å². The lowest BCUT2D eigenvalue weighted by molar-refractivity contribution is 0.249. The van der Waals surface area contributed by atoms with Crippen molar-refractivity contribution in [3.8, 4) is 11.1 Å². The van der Waals surface area contributed by atoms with E-state index in [1.165, 1.54) is 6.26 Å². The van der Waals surface area contributed by atoms with Crippen molar-refractivity contribution in [1.82, 2.24) is 4.31 Å². The highest BCUT2D eigenvalue weighted by atomic mass is 32.2. The summed E-state index contributed by atoms with van der Waals surface area (Å²) in [6.07, 6.45) is 3.51. The highest BCUT2D eigenvalue weighted by molar-refractivity contribution is 7.91. The van der Waals surface area contributed by atoms with Crippen molar-refractivity contribution in [2.24, 2.45) is 0 Å². The maximum Gasteiger partial charge on any atom is 0.243 e. The molecule has 2 aromatic carbocycles. The summed E-state index contributed by atoms with van der Waals surface area (Å²) < 4.78 is 52.2. The molecule has 0 radical (unpaired) electrons. The zero-order valence-electron chi connectivity index (χ0n) is 15.2. The molecule has 0 amide bonds. The first-order valence-electron chi connectivity index (χ1n) is 9.15. The van der Waals surface area contributed by atoms with Crippen LogP contribution in [0.4, 0.5) is 0 Å². The largest absolute Gasteiger partial charge is 0.243 e. The van der Waals surface area contributed by atoms with Crippen LogP contribution in [0.2, 0.25) is 0 Å². The lowest BCUT2D eigenvalue weighted by Crippen LogP contribution is -2.49. The van der Waals surface area contributed by atoms with Crippen LogP contribution >= 0.6 is 0 Å².